The fraction of sp³-hybridized carbons (Fsp3) is 0.657. The molecule has 1 aromatic rings. The van der Waals surface area contributed by atoms with Crippen molar-refractivity contribution >= 4 is 35.6 Å². The summed E-state index contributed by atoms with van der Waals surface area (Å²) in [4.78, 5) is 80.0. The van der Waals surface area contributed by atoms with E-state index in [0.29, 0.717) is 32.4 Å². The maximum Gasteiger partial charge on any atom is 0.407 e. The lowest BCUT2D eigenvalue weighted by Gasteiger charge is -2.36. The summed E-state index contributed by atoms with van der Waals surface area (Å²) in [5, 5.41) is 11.2. The molecule has 0 bridgehead atoms. The van der Waals surface area contributed by atoms with Crippen LogP contribution in [0.15, 0.2) is 24.3 Å². The first-order valence-electron chi connectivity index (χ1n) is 17.0. The highest BCUT2D eigenvalue weighted by Crippen LogP contribution is 2.65. The highest BCUT2D eigenvalue weighted by molar-refractivity contribution is 6.37. The van der Waals surface area contributed by atoms with Gasteiger partial charge in [0.25, 0.3) is 5.91 Å². The van der Waals surface area contributed by atoms with Crippen LogP contribution in [0.5, 0.6) is 0 Å². The van der Waals surface area contributed by atoms with Gasteiger partial charge in [0.15, 0.2) is 0 Å². The molecule has 13 nitrogen and oxygen atoms in total. The van der Waals surface area contributed by atoms with Crippen molar-refractivity contribution in [3.05, 3.63) is 35.4 Å². The van der Waals surface area contributed by atoms with Gasteiger partial charge in [-0.3, -0.25) is 19.2 Å². The molecule has 6 N–H and O–H groups in total. The number of alkyl carbamates (subject to hydrolysis) is 1. The third kappa shape index (κ3) is 7.92. The summed E-state index contributed by atoms with van der Waals surface area (Å²) in [5.74, 6) is -3.28. The molecule has 1 aromatic carbocycles. The van der Waals surface area contributed by atoms with Crippen molar-refractivity contribution in [2.75, 3.05) is 19.7 Å². The number of carbonyl (C=O) groups excluding carboxylic acids is 6. The van der Waals surface area contributed by atoms with E-state index in [2.05, 4.69) is 35.1 Å². The number of primary amides is 1. The SMILES string of the molecule is CCCC(NC(=O)[C@@H]1C2C(CN1C(=O)[C@@H](NC(=O)NC(COC(=O)NCC)C(C)(C)C)C1Cc3ccccc3C1)C2(C)C)C(=O)C(N)=O. The first-order valence-corrected chi connectivity index (χ1v) is 17.0. The van der Waals surface area contributed by atoms with Crippen LogP contribution in [-0.4, -0.2) is 84.4 Å². The fourth-order valence-electron chi connectivity index (χ4n) is 7.39. The molecule has 0 aromatic heterocycles. The lowest BCUT2D eigenvalue weighted by Crippen LogP contribution is -2.61. The Kier molecular flexibility index (Phi) is 11.1. The van der Waals surface area contributed by atoms with Crippen LogP contribution in [0.1, 0.15) is 72.4 Å². The van der Waals surface area contributed by atoms with Crippen molar-refractivity contribution in [3.8, 4) is 0 Å². The van der Waals surface area contributed by atoms with Gasteiger partial charge in [0.2, 0.25) is 17.6 Å². The Hall–Kier alpha value is -4.16. The van der Waals surface area contributed by atoms with Gasteiger partial charge in [0.1, 0.15) is 18.7 Å². The van der Waals surface area contributed by atoms with Crippen LogP contribution in [-0.2, 0) is 36.8 Å². The number of fused-ring (bicyclic) bond motifs is 2. The third-order valence-corrected chi connectivity index (χ3v) is 10.4. The second-order valence-corrected chi connectivity index (χ2v) is 15.0. The smallest absolute Gasteiger partial charge is 0.407 e. The molecule has 2 aliphatic carbocycles. The highest BCUT2D eigenvalue weighted by atomic mass is 16.5. The average Bonchev–Trinajstić information content (AvgIpc) is 3.37. The van der Waals surface area contributed by atoms with Crippen molar-refractivity contribution in [3.63, 3.8) is 0 Å². The van der Waals surface area contributed by atoms with E-state index < -0.39 is 59.3 Å². The van der Waals surface area contributed by atoms with E-state index in [1.54, 1.807) is 11.8 Å². The number of nitrogens with two attached hydrogens (primary N) is 1. The van der Waals surface area contributed by atoms with Gasteiger partial charge >= 0.3 is 12.1 Å². The van der Waals surface area contributed by atoms with Gasteiger partial charge in [-0.25, -0.2) is 9.59 Å². The zero-order valence-electron chi connectivity index (χ0n) is 29.2. The molecule has 1 saturated carbocycles. The number of ether oxygens (including phenoxy) is 1. The van der Waals surface area contributed by atoms with E-state index in [9.17, 15) is 28.8 Å². The number of carbonyl (C=O) groups is 6. The van der Waals surface area contributed by atoms with Crippen molar-refractivity contribution in [1.29, 1.82) is 0 Å². The number of benzene rings is 1. The lowest BCUT2D eigenvalue weighted by atomic mass is 9.87. The number of rotatable bonds is 13. The molecule has 13 heteroatoms. The van der Waals surface area contributed by atoms with Crippen LogP contribution in [0.25, 0.3) is 0 Å². The molecule has 0 spiro atoms. The predicted molar refractivity (Wildman–Crippen MR) is 178 cm³/mol. The largest absolute Gasteiger partial charge is 0.447 e. The summed E-state index contributed by atoms with van der Waals surface area (Å²) in [6.45, 7) is 14.1. The summed E-state index contributed by atoms with van der Waals surface area (Å²) in [6.07, 6.45) is 1.29. The molecule has 48 heavy (non-hydrogen) atoms. The molecule has 1 aliphatic heterocycles. The molecule has 4 unspecified atom stereocenters. The second kappa shape index (κ2) is 14.5. The van der Waals surface area contributed by atoms with Crippen molar-refractivity contribution in [2.45, 2.75) is 98.3 Å². The van der Waals surface area contributed by atoms with Gasteiger partial charge in [0, 0.05) is 13.1 Å². The summed E-state index contributed by atoms with van der Waals surface area (Å²) >= 11 is 0. The van der Waals surface area contributed by atoms with E-state index in [1.807, 2.05) is 52.0 Å². The van der Waals surface area contributed by atoms with Gasteiger partial charge < -0.3 is 36.6 Å². The number of Topliss-reactive ketones (excluding diaryl/α,β-unsaturated/α-hetero) is 1. The minimum Gasteiger partial charge on any atom is -0.447 e. The predicted octanol–water partition coefficient (Wildman–Crippen LogP) is 2.05. The normalized spacial score (nSPS) is 22.7. The zero-order chi connectivity index (χ0) is 35.6. The zero-order valence-corrected chi connectivity index (χ0v) is 29.2. The topological polar surface area (TPSA) is 189 Å². The van der Waals surface area contributed by atoms with Gasteiger partial charge in [-0.2, -0.15) is 0 Å². The Morgan fingerprint density at radius 3 is 2.17 bits per heavy atom. The Balaban J connectivity index is 1.59. The molecule has 2 fully saturated rings. The Morgan fingerprint density at radius 1 is 1.00 bits per heavy atom. The molecule has 0 radical (unpaired) electrons. The summed E-state index contributed by atoms with van der Waals surface area (Å²) in [6, 6.07) is 3.79. The molecular weight excluding hydrogens is 616 g/mol. The van der Waals surface area contributed by atoms with Crippen LogP contribution in [0.3, 0.4) is 0 Å². The van der Waals surface area contributed by atoms with Crippen LogP contribution in [0, 0.1) is 28.6 Å². The lowest BCUT2D eigenvalue weighted by molar-refractivity contribution is -0.144. The minimum atomic E-state index is -1.13. The van der Waals surface area contributed by atoms with Crippen LogP contribution in [0.4, 0.5) is 9.59 Å². The molecule has 264 valence electrons. The van der Waals surface area contributed by atoms with E-state index in [4.69, 9.17) is 10.5 Å². The Morgan fingerprint density at radius 2 is 1.62 bits per heavy atom. The van der Waals surface area contributed by atoms with Gasteiger partial charge in [-0.15, -0.1) is 0 Å². The van der Waals surface area contributed by atoms with Gasteiger partial charge in [0.05, 0.1) is 12.1 Å². The monoisotopic (exact) mass is 668 g/mol. The number of likely N-dealkylation sites (tertiary alicyclic amines) is 1. The third-order valence-electron chi connectivity index (χ3n) is 10.4. The maximum atomic E-state index is 14.6. The van der Waals surface area contributed by atoms with E-state index in [0.717, 1.165) is 11.1 Å². The number of hydrogen-bond donors (Lipinski definition) is 5. The van der Waals surface area contributed by atoms with Crippen LogP contribution in [0.2, 0.25) is 0 Å². The first kappa shape index (κ1) is 36.7. The summed E-state index contributed by atoms with van der Waals surface area (Å²) < 4.78 is 5.34. The Bertz CT molecular complexity index is 1400. The molecule has 1 heterocycles. The first-order chi connectivity index (χ1) is 22.5. The molecular formula is C35H52N6O7. The number of ketones is 1. The number of urea groups is 1. The van der Waals surface area contributed by atoms with Gasteiger partial charge in [-0.05, 0) is 65.9 Å². The quantitative estimate of drug-likeness (QED) is 0.199. The number of nitrogens with zero attached hydrogens (tertiary/aromatic N) is 1. The summed E-state index contributed by atoms with van der Waals surface area (Å²) in [7, 11) is 0. The van der Waals surface area contributed by atoms with E-state index in [-0.39, 0.29) is 42.1 Å². The van der Waals surface area contributed by atoms with E-state index in [1.165, 1.54) is 0 Å². The van der Waals surface area contributed by atoms with Crippen molar-refractivity contribution < 1.29 is 33.5 Å². The van der Waals surface area contributed by atoms with Crippen LogP contribution >= 0.6 is 0 Å². The fourth-order valence-corrected chi connectivity index (χ4v) is 7.39. The highest BCUT2D eigenvalue weighted by Gasteiger charge is 2.69. The number of amides is 6. The number of nitrogens with one attached hydrogen (secondary N) is 4. The van der Waals surface area contributed by atoms with E-state index >= 15 is 0 Å². The van der Waals surface area contributed by atoms with Crippen molar-refractivity contribution in [2.24, 2.45) is 34.3 Å². The number of hydrogen-bond acceptors (Lipinski definition) is 7. The molecule has 3 aliphatic rings. The second-order valence-electron chi connectivity index (χ2n) is 15.0. The average molecular weight is 669 g/mol. The van der Waals surface area contributed by atoms with Crippen LogP contribution < -0.4 is 27.0 Å². The summed E-state index contributed by atoms with van der Waals surface area (Å²) in [5.41, 5.74) is 6.76. The standard InChI is InChI=1S/C35H52N6O7/c1-8-12-23(28(42)29(36)43)38-30(44)27-25-22(35(25,6)7)17-41(27)31(45)26(21-15-19-13-10-11-14-20(19)16-21)40-32(46)39-24(34(3,4)5)18-48-33(47)37-9-2/h10-11,13-14,21-27H,8-9,12,15-18H2,1-7H3,(H2,36,43)(H,37,47)(H,38,44)(H2,39,40,46)/t22?,23?,24?,25?,26-,27-/m0/s1. The minimum absolute atomic E-state index is 0.0561. The molecule has 1 saturated heterocycles. The van der Waals surface area contributed by atoms with Gasteiger partial charge in [-0.1, -0.05) is 72.2 Å². The maximum absolute atomic E-state index is 14.6. The molecule has 6 atom stereocenters. The molecule has 6 amide bonds. The van der Waals surface area contributed by atoms with Crippen molar-refractivity contribution in [1.82, 2.24) is 26.2 Å². The Labute approximate surface area is 282 Å². The molecule has 4 rings (SSSR count). The number of piperidine rings is 1.